The molecule has 2 amide bonds. The highest BCUT2D eigenvalue weighted by Crippen LogP contribution is 2.34. The molecule has 2 atom stereocenters. The predicted molar refractivity (Wildman–Crippen MR) is 116 cm³/mol. The van der Waals surface area contributed by atoms with Crippen LogP contribution in [0.15, 0.2) is 23.1 Å². The number of piperidine rings is 2. The Morgan fingerprint density at radius 2 is 1.73 bits per heavy atom. The van der Waals surface area contributed by atoms with Gasteiger partial charge in [0, 0.05) is 42.8 Å². The summed E-state index contributed by atoms with van der Waals surface area (Å²) >= 11 is 3.58. The van der Waals surface area contributed by atoms with Crippen molar-refractivity contribution in [3.63, 3.8) is 0 Å². The lowest BCUT2D eigenvalue weighted by atomic mass is 9.81. The zero-order valence-corrected chi connectivity index (χ0v) is 19.3. The van der Waals surface area contributed by atoms with Gasteiger partial charge in [0.1, 0.15) is 0 Å². The second-order valence-corrected chi connectivity index (χ2v) is 10.1. The van der Waals surface area contributed by atoms with Crippen LogP contribution < -0.4 is 5.56 Å². The van der Waals surface area contributed by atoms with E-state index in [1.54, 1.807) is 17.2 Å². The van der Waals surface area contributed by atoms with Crippen molar-refractivity contribution in [1.29, 1.82) is 0 Å². The molecule has 0 aromatic carbocycles. The van der Waals surface area contributed by atoms with Crippen LogP contribution >= 0.6 is 15.9 Å². The van der Waals surface area contributed by atoms with E-state index in [9.17, 15) is 14.4 Å². The first-order valence-corrected chi connectivity index (χ1v) is 11.1. The number of hydrogen-bond acceptors (Lipinski definition) is 4. The third-order valence-corrected chi connectivity index (χ3v) is 6.44. The standard InChI is InChI=1S/C10H18BrNO2.C10H13N3O3/c1-10(2,3)8-6-7(11)4-5-12(8)9(13)14;14-9-2-1-5-11-13(9)8-3-6-12(7-4-8)10(15)16/h7-8H,4-6H2,1-3H3,(H,13,14);1-2,5,8H,3-4,6-7H2,(H,15,16). The van der Waals surface area contributed by atoms with Crippen LogP contribution in [0.25, 0.3) is 0 Å². The minimum absolute atomic E-state index is 0.0179. The fourth-order valence-electron chi connectivity index (χ4n) is 3.92. The van der Waals surface area contributed by atoms with Gasteiger partial charge in [-0.1, -0.05) is 36.7 Å². The second kappa shape index (κ2) is 10.3. The Kier molecular flexibility index (Phi) is 8.28. The Morgan fingerprint density at radius 3 is 2.23 bits per heavy atom. The average Bonchev–Trinajstić information content (AvgIpc) is 2.68. The average molecular weight is 487 g/mol. The van der Waals surface area contributed by atoms with Gasteiger partial charge in [0.15, 0.2) is 0 Å². The van der Waals surface area contributed by atoms with E-state index in [1.807, 2.05) is 0 Å². The van der Waals surface area contributed by atoms with Gasteiger partial charge in [-0.3, -0.25) is 4.79 Å². The molecular formula is C20H31BrN4O5. The number of nitrogens with zero attached hydrogens (tertiary/aromatic N) is 4. The molecule has 3 heterocycles. The number of amides is 2. The van der Waals surface area contributed by atoms with Gasteiger partial charge in [-0.2, -0.15) is 5.10 Å². The van der Waals surface area contributed by atoms with E-state index in [0.717, 1.165) is 12.8 Å². The molecule has 10 heteroatoms. The third kappa shape index (κ3) is 6.45. The Bertz CT molecular complexity index is 786. The van der Waals surface area contributed by atoms with Crippen molar-refractivity contribution in [3.8, 4) is 0 Å². The topological polar surface area (TPSA) is 116 Å². The first-order valence-electron chi connectivity index (χ1n) is 10.2. The van der Waals surface area contributed by atoms with Gasteiger partial charge < -0.3 is 20.0 Å². The molecule has 1 aromatic rings. The summed E-state index contributed by atoms with van der Waals surface area (Å²) in [4.78, 5) is 36.6. The molecule has 0 spiro atoms. The highest BCUT2D eigenvalue weighted by atomic mass is 79.9. The monoisotopic (exact) mass is 486 g/mol. The normalized spacial score (nSPS) is 22.8. The van der Waals surface area contributed by atoms with Gasteiger partial charge in [0.2, 0.25) is 0 Å². The zero-order valence-electron chi connectivity index (χ0n) is 17.7. The Balaban J connectivity index is 0.000000216. The summed E-state index contributed by atoms with van der Waals surface area (Å²) in [6, 6.07) is 3.21. The quantitative estimate of drug-likeness (QED) is 0.586. The van der Waals surface area contributed by atoms with Crippen molar-refractivity contribution in [3.05, 3.63) is 28.7 Å². The van der Waals surface area contributed by atoms with E-state index < -0.39 is 12.2 Å². The number of rotatable bonds is 1. The number of halogens is 1. The fraction of sp³-hybridized carbons (Fsp3) is 0.700. The largest absolute Gasteiger partial charge is 0.465 e. The molecule has 168 valence electrons. The van der Waals surface area contributed by atoms with Gasteiger partial charge in [-0.05, 0) is 37.2 Å². The van der Waals surface area contributed by atoms with Crippen molar-refractivity contribution in [2.24, 2.45) is 5.41 Å². The summed E-state index contributed by atoms with van der Waals surface area (Å²) in [5.74, 6) is 0. The predicted octanol–water partition coefficient (Wildman–Crippen LogP) is 3.50. The lowest BCUT2D eigenvalue weighted by molar-refractivity contribution is 0.0619. The van der Waals surface area contributed by atoms with Gasteiger partial charge in [0.05, 0.1) is 6.04 Å². The van der Waals surface area contributed by atoms with Crippen LogP contribution in [0.2, 0.25) is 0 Å². The van der Waals surface area contributed by atoms with E-state index in [-0.39, 0.29) is 23.1 Å². The molecule has 2 saturated heterocycles. The van der Waals surface area contributed by atoms with E-state index in [4.69, 9.17) is 10.2 Å². The van der Waals surface area contributed by atoms with Crippen LogP contribution in [0.5, 0.6) is 0 Å². The van der Waals surface area contributed by atoms with Gasteiger partial charge >= 0.3 is 12.2 Å². The van der Waals surface area contributed by atoms with Crippen LogP contribution in [0.4, 0.5) is 9.59 Å². The summed E-state index contributed by atoms with van der Waals surface area (Å²) in [5, 5.41) is 21.9. The number of alkyl halides is 1. The molecule has 2 fully saturated rings. The van der Waals surface area contributed by atoms with Crippen molar-refractivity contribution < 1.29 is 19.8 Å². The molecule has 2 unspecified atom stereocenters. The molecule has 0 aliphatic carbocycles. The van der Waals surface area contributed by atoms with Crippen LogP contribution in [0.3, 0.4) is 0 Å². The van der Waals surface area contributed by atoms with Crippen molar-refractivity contribution in [1.82, 2.24) is 19.6 Å². The SMILES string of the molecule is CC(C)(C)C1CC(Br)CCN1C(=O)O.O=C(O)N1CCC(n2ncccc2=O)CC1. The Morgan fingerprint density at radius 1 is 1.10 bits per heavy atom. The molecule has 2 aliphatic heterocycles. The molecule has 1 aromatic heterocycles. The van der Waals surface area contributed by atoms with Crippen LogP contribution in [0, 0.1) is 5.41 Å². The summed E-state index contributed by atoms with van der Waals surface area (Å²) in [7, 11) is 0. The molecule has 30 heavy (non-hydrogen) atoms. The highest BCUT2D eigenvalue weighted by Gasteiger charge is 2.37. The van der Waals surface area contributed by atoms with E-state index in [1.165, 1.54) is 15.6 Å². The van der Waals surface area contributed by atoms with Crippen molar-refractivity contribution >= 4 is 28.1 Å². The molecule has 2 aliphatic rings. The minimum atomic E-state index is -0.896. The first-order chi connectivity index (χ1) is 14.0. The number of carboxylic acid groups (broad SMARTS) is 2. The molecule has 3 rings (SSSR count). The molecule has 0 saturated carbocycles. The maximum atomic E-state index is 11.5. The van der Waals surface area contributed by atoms with Crippen molar-refractivity contribution in [2.45, 2.75) is 63.4 Å². The maximum absolute atomic E-state index is 11.5. The lowest BCUT2D eigenvalue weighted by Gasteiger charge is -2.43. The van der Waals surface area contributed by atoms with E-state index >= 15 is 0 Å². The summed E-state index contributed by atoms with van der Waals surface area (Å²) in [6.45, 7) is 7.86. The van der Waals surface area contributed by atoms with Gasteiger partial charge in [-0.15, -0.1) is 0 Å². The number of hydrogen-bond donors (Lipinski definition) is 2. The zero-order chi connectivity index (χ0) is 22.5. The first kappa shape index (κ1) is 24.2. The van der Waals surface area contributed by atoms with Gasteiger partial charge in [0.25, 0.3) is 5.56 Å². The highest BCUT2D eigenvalue weighted by molar-refractivity contribution is 9.09. The number of likely N-dealkylation sites (tertiary alicyclic amines) is 2. The Labute approximate surface area is 184 Å². The van der Waals surface area contributed by atoms with Crippen LogP contribution in [0.1, 0.15) is 52.5 Å². The van der Waals surface area contributed by atoms with Crippen LogP contribution in [-0.4, -0.2) is 72.5 Å². The van der Waals surface area contributed by atoms with Crippen molar-refractivity contribution in [2.75, 3.05) is 19.6 Å². The number of aromatic nitrogens is 2. The lowest BCUT2D eigenvalue weighted by Crippen LogP contribution is -2.51. The fourth-order valence-corrected chi connectivity index (χ4v) is 4.48. The molecule has 9 nitrogen and oxygen atoms in total. The Hall–Kier alpha value is -2.10. The molecular weight excluding hydrogens is 456 g/mol. The van der Waals surface area contributed by atoms with E-state index in [0.29, 0.717) is 37.3 Å². The van der Waals surface area contributed by atoms with Crippen LogP contribution in [-0.2, 0) is 0 Å². The minimum Gasteiger partial charge on any atom is -0.465 e. The smallest absolute Gasteiger partial charge is 0.407 e. The molecule has 0 bridgehead atoms. The maximum Gasteiger partial charge on any atom is 0.407 e. The molecule has 0 radical (unpaired) electrons. The summed E-state index contributed by atoms with van der Waals surface area (Å²) in [6.07, 6.45) is 3.00. The molecule has 2 N–H and O–H groups in total. The summed E-state index contributed by atoms with van der Waals surface area (Å²) < 4.78 is 1.44. The second-order valence-electron chi connectivity index (χ2n) is 8.79. The third-order valence-electron chi connectivity index (χ3n) is 5.61. The number of carbonyl (C=O) groups is 2. The van der Waals surface area contributed by atoms with E-state index in [2.05, 4.69) is 41.8 Å². The summed E-state index contributed by atoms with van der Waals surface area (Å²) in [5.41, 5.74) is -0.110. The van der Waals surface area contributed by atoms with Gasteiger partial charge in [-0.25, -0.2) is 14.3 Å².